The first kappa shape index (κ1) is 14.4. The molecule has 0 radical (unpaired) electrons. The lowest BCUT2D eigenvalue weighted by molar-refractivity contribution is -0.152. The van der Waals surface area contributed by atoms with Crippen LogP contribution in [0.2, 0.25) is 0 Å². The van der Waals surface area contributed by atoms with Crippen LogP contribution < -0.4 is 0 Å². The summed E-state index contributed by atoms with van der Waals surface area (Å²) in [4.78, 5) is 13.3. The van der Waals surface area contributed by atoms with Gasteiger partial charge in [0.05, 0.1) is 0 Å². The summed E-state index contributed by atoms with van der Waals surface area (Å²) in [7, 11) is 1.91. The molecule has 1 N–H and O–H groups in total. The number of carboxylic acid groups (broad SMARTS) is 1. The van der Waals surface area contributed by atoms with Gasteiger partial charge in [-0.25, -0.2) is 0 Å². The van der Waals surface area contributed by atoms with E-state index in [0.29, 0.717) is 12.3 Å². The van der Waals surface area contributed by atoms with Crippen LogP contribution in [0, 0.1) is 5.92 Å². The van der Waals surface area contributed by atoms with Crippen LogP contribution in [0.3, 0.4) is 0 Å². The van der Waals surface area contributed by atoms with E-state index < -0.39 is 11.5 Å². The summed E-state index contributed by atoms with van der Waals surface area (Å²) in [6.07, 6.45) is 1.58. The molecule has 0 heterocycles. The molecule has 90 valence electrons. The molecule has 0 saturated heterocycles. The van der Waals surface area contributed by atoms with Gasteiger partial charge in [-0.2, -0.15) is 0 Å². The van der Waals surface area contributed by atoms with Gasteiger partial charge in [0.1, 0.15) is 5.54 Å². The first-order chi connectivity index (χ1) is 6.77. The Labute approximate surface area is 93.5 Å². The fraction of sp³-hybridized carbons (Fsp3) is 0.917. The molecular weight excluding hydrogens is 190 g/mol. The number of hydrogen-bond donors (Lipinski definition) is 1. The second-order valence-electron chi connectivity index (χ2n) is 4.92. The lowest BCUT2D eigenvalue weighted by Gasteiger charge is -2.40. The van der Waals surface area contributed by atoms with Crippen LogP contribution >= 0.6 is 0 Å². The van der Waals surface area contributed by atoms with E-state index in [1.54, 1.807) is 0 Å². The van der Waals surface area contributed by atoms with Gasteiger partial charge in [-0.3, -0.25) is 9.69 Å². The van der Waals surface area contributed by atoms with E-state index >= 15 is 0 Å². The lowest BCUT2D eigenvalue weighted by atomic mass is 9.90. The van der Waals surface area contributed by atoms with E-state index in [0.717, 1.165) is 6.42 Å². The molecule has 0 spiro atoms. The molecule has 0 aliphatic heterocycles. The molecule has 3 heteroatoms. The van der Waals surface area contributed by atoms with Gasteiger partial charge in [0.15, 0.2) is 0 Å². The molecule has 0 aliphatic carbocycles. The van der Waals surface area contributed by atoms with Crippen molar-refractivity contribution in [3.05, 3.63) is 0 Å². The molecule has 2 atom stereocenters. The summed E-state index contributed by atoms with van der Waals surface area (Å²) in [6.45, 7) is 10.2. The van der Waals surface area contributed by atoms with Gasteiger partial charge in [-0.15, -0.1) is 0 Å². The summed E-state index contributed by atoms with van der Waals surface area (Å²) in [5.41, 5.74) is -0.738. The number of hydrogen-bond acceptors (Lipinski definition) is 2. The molecule has 0 aromatic carbocycles. The van der Waals surface area contributed by atoms with Crippen molar-refractivity contribution in [2.45, 2.75) is 59.0 Å². The first-order valence-corrected chi connectivity index (χ1v) is 5.73. The monoisotopic (exact) mass is 215 g/mol. The van der Waals surface area contributed by atoms with Crippen molar-refractivity contribution in [2.75, 3.05) is 7.05 Å². The highest BCUT2D eigenvalue weighted by Gasteiger charge is 2.39. The molecule has 0 rings (SSSR count). The van der Waals surface area contributed by atoms with E-state index in [-0.39, 0.29) is 6.04 Å². The second kappa shape index (κ2) is 5.50. The number of likely N-dealkylation sites (N-methyl/N-ethyl adjacent to an activating group) is 1. The molecule has 0 bridgehead atoms. The number of aliphatic carboxylic acids is 1. The van der Waals surface area contributed by atoms with Gasteiger partial charge in [-0.1, -0.05) is 27.2 Å². The maximum Gasteiger partial charge on any atom is 0.323 e. The Hall–Kier alpha value is -0.570. The Morgan fingerprint density at radius 1 is 1.40 bits per heavy atom. The number of carboxylic acids is 1. The third-order valence-electron chi connectivity index (χ3n) is 3.55. The quantitative estimate of drug-likeness (QED) is 0.740. The number of rotatable bonds is 6. The van der Waals surface area contributed by atoms with Crippen LogP contribution in [0.25, 0.3) is 0 Å². The summed E-state index contributed by atoms with van der Waals surface area (Å²) in [6, 6.07) is 0.276. The van der Waals surface area contributed by atoms with Crippen LogP contribution in [0.5, 0.6) is 0 Å². The summed E-state index contributed by atoms with van der Waals surface area (Å²) >= 11 is 0. The lowest BCUT2D eigenvalue weighted by Crippen LogP contribution is -2.55. The van der Waals surface area contributed by atoms with E-state index in [1.165, 1.54) is 0 Å². The predicted octanol–water partition coefficient (Wildman–Crippen LogP) is 2.61. The smallest absolute Gasteiger partial charge is 0.323 e. The highest BCUT2D eigenvalue weighted by atomic mass is 16.4. The van der Waals surface area contributed by atoms with Gasteiger partial charge in [0.25, 0.3) is 0 Å². The molecule has 0 aromatic rings. The Balaban J connectivity index is 4.84. The fourth-order valence-corrected chi connectivity index (χ4v) is 1.82. The van der Waals surface area contributed by atoms with Gasteiger partial charge in [0, 0.05) is 6.04 Å². The van der Waals surface area contributed by atoms with E-state index in [9.17, 15) is 9.90 Å². The molecule has 0 aromatic heterocycles. The SMILES string of the molecule is CCCC(C)(C(=O)O)N(C)C(C)C(C)C. The zero-order valence-corrected chi connectivity index (χ0v) is 10.9. The minimum atomic E-state index is -0.738. The fourth-order valence-electron chi connectivity index (χ4n) is 1.82. The van der Waals surface area contributed by atoms with Crippen LogP contribution in [-0.2, 0) is 4.79 Å². The first-order valence-electron chi connectivity index (χ1n) is 5.73. The normalized spacial score (nSPS) is 17.9. The number of carbonyl (C=O) groups is 1. The maximum atomic E-state index is 11.3. The molecule has 0 saturated carbocycles. The van der Waals surface area contributed by atoms with Gasteiger partial charge < -0.3 is 5.11 Å². The molecular formula is C12H25NO2. The van der Waals surface area contributed by atoms with Gasteiger partial charge in [0.2, 0.25) is 0 Å². The Bertz CT molecular complexity index is 216. The zero-order chi connectivity index (χ0) is 12.2. The van der Waals surface area contributed by atoms with Crippen LogP contribution in [-0.4, -0.2) is 34.6 Å². The van der Waals surface area contributed by atoms with Crippen molar-refractivity contribution >= 4 is 5.97 Å². The Morgan fingerprint density at radius 2 is 1.87 bits per heavy atom. The van der Waals surface area contributed by atoms with E-state index in [2.05, 4.69) is 20.8 Å². The Morgan fingerprint density at radius 3 is 2.13 bits per heavy atom. The van der Waals surface area contributed by atoms with E-state index in [4.69, 9.17) is 0 Å². The van der Waals surface area contributed by atoms with Crippen molar-refractivity contribution in [2.24, 2.45) is 5.92 Å². The van der Waals surface area contributed by atoms with Crippen molar-refractivity contribution in [3.63, 3.8) is 0 Å². The highest BCUT2D eigenvalue weighted by molar-refractivity contribution is 5.78. The average molecular weight is 215 g/mol. The van der Waals surface area contributed by atoms with Gasteiger partial charge in [-0.05, 0) is 33.2 Å². The zero-order valence-electron chi connectivity index (χ0n) is 10.9. The standard InChI is InChI=1S/C12H25NO2/c1-7-8-12(5,11(14)15)13(6)10(4)9(2)3/h9-10H,7-8H2,1-6H3,(H,14,15). The summed E-state index contributed by atoms with van der Waals surface area (Å²) < 4.78 is 0. The summed E-state index contributed by atoms with van der Waals surface area (Å²) in [5.74, 6) is -0.259. The van der Waals surface area contributed by atoms with Crippen LogP contribution in [0.1, 0.15) is 47.5 Å². The van der Waals surface area contributed by atoms with Crippen LogP contribution in [0.15, 0.2) is 0 Å². The molecule has 0 aliphatic rings. The third kappa shape index (κ3) is 3.20. The van der Waals surface area contributed by atoms with Crippen molar-refractivity contribution < 1.29 is 9.90 Å². The minimum absolute atomic E-state index is 0.276. The second-order valence-corrected chi connectivity index (χ2v) is 4.92. The van der Waals surface area contributed by atoms with Crippen LogP contribution in [0.4, 0.5) is 0 Å². The average Bonchev–Trinajstić information content (AvgIpc) is 2.15. The predicted molar refractivity (Wildman–Crippen MR) is 63.0 cm³/mol. The maximum absolute atomic E-state index is 11.3. The molecule has 0 amide bonds. The molecule has 15 heavy (non-hydrogen) atoms. The largest absolute Gasteiger partial charge is 0.480 e. The molecule has 3 nitrogen and oxygen atoms in total. The van der Waals surface area contributed by atoms with Crippen molar-refractivity contribution in [1.29, 1.82) is 0 Å². The molecule has 0 fully saturated rings. The van der Waals surface area contributed by atoms with E-state index in [1.807, 2.05) is 25.8 Å². The minimum Gasteiger partial charge on any atom is -0.480 e. The topological polar surface area (TPSA) is 40.5 Å². The van der Waals surface area contributed by atoms with Crippen molar-refractivity contribution in [3.8, 4) is 0 Å². The third-order valence-corrected chi connectivity index (χ3v) is 3.55. The summed E-state index contributed by atoms with van der Waals surface area (Å²) in [5, 5.41) is 9.32. The molecule has 2 unspecified atom stereocenters. The van der Waals surface area contributed by atoms with Crippen molar-refractivity contribution in [1.82, 2.24) is 4.90 Å². The highest BCUT2D eigenvalue weighted by Crippen LogP contribution is 2.25. The van der Waals surface area contributed by atoms with Gasteiger partial charge >= 0.3 is 5.97 Å². The Kier molecular flexibility index (Phi) is 5.29. The number of nitrogens with zero attached hydrogens (tertiary/aromatic N) is 1.